The van der Waals surface area contributed by atoms with Crippen molar-refractivity contribution in [3.8, 4) is 0 Å². The van der Waals surface area contributed by atoms with Crippen molar-refractivity contribution in [2.45, 2.75) is 37.1 Å². The van der Waals surface area contributed by atoms with Crippen LogP contribution in [0.25, 0.3) is 0 Å². The maximum atomic E-state index is 11.8. The number of benzene rings is 1. The van der Waals surface area contributed by atoms with Crippen molar-refractivity contribution in [2.75, 3.05) is 11.1 Å². The van der Waals surface area contributed by atoms with E-state index in [4.69, 9.17) is 4.42 Å². The first-order chi connectivity index (χ1) is 10.1. The Balaban J connectivity index is 1.78. The number of hydrogen-bond donors (Lipinski definition) is 1. The Morgan fingerprint density at radius 3 is 2.71 bits per heavy atom. The molecule has 0 bridgehead atoms. The van der Waals surface area contributed by atoms with Crippen molar-refractivity contribution in [1.82, 2.24) is 0 Å². The maximum absolute atomic E-state index is 11.8. The Morgan fingerprint density at radius 1 is 1.24 bits per heavy atom. The second kappa shape index (κ2) is 5.56. The predicted octanol–water partition coefficient (Wildman–Crippen LogP) is 3.56. The summed E-state index contributed by atoms with van der Waals surface area (Å²) in [6, 6.07) is 9.25. The number of furan rings is 1. The van der Waals surface area contributed by atoms with Crippen LogP contribution in [0.15, 0.2) is 45.9 Å². The van der Waals surface area contributed by atoms with Gasteiger partial charge in [0.05, 0.1) is 23.0 Å². The topological polar surface area (TPSA) is 59.3 Å². The zero-order chi connectivity index (χ0) is 14.9. The summed E-state index contributed by atoms with van der Waals surface area (Å²) < 4.78 is 29.1. The first-order valence-electron chi connectivity index (χ1n) is 7.26. The lowest BCUT2D eigenvalue weighted by Gasteiger charge is -2.23. The van der Waals surface area contributed by atoms with Crippen LogP contribution in [0.4, 0.5) is 5.69 Å². The van der Waals surface area contributed by atoms with E-state index in [9.17, 15) is 8.42 Å². The molecule has 21 heavy (non-hydrogen) atoms. The van der Waals surface area contributed by atoms with Gasteiger partial charge in [0.2, 0.25) is 0 Å². The Kier molecular flexibility index (Phi) is 3.76. The lowest BCUT2D eigenvalue weighted by Crippen LogP contribution is -2.16. The van der Waals surface area contributed by atoms with E-state index in [-0.39, 0.29) is 11.8 Å². The molecule has 112 valence electrons. The van der Waals surface area contributed by atoms with Crippen molar-refractivity contribution in [2.24, 2.45) is 0 Å². The SMILES string of the molecule is CCS(=O)(=O)c1ccc(NC2CCCc3occc32)cc1. The average molecular weight is 305 g/mol. The molecule has 3 rings (SSSR count). The molecule has 0 radical (unpaired) electrons. The monoisotopic (exact) mass is 305 g/mol. The molecule has 0 saturated heterocycles. The minimum absolute atomic E-state index is 0.126. The van der Waals surface area contributed by atoms with Crippen LogP contribution >= 0.6 is 0 Å². The molecule has 1 aromatic carbocycles. The van der Waals surface area contributed by atoms with Gasteiger partial charge in [-0.25, -0.2) is 8.42 Å². The van der Waals surface area contributed by atoms with Crippen molar-refractivity contribution in [1.29, 1.82) is 0 Å². The van der Waals surface area contributed by atoms with Gasteiger partial charge in [-0.05, 0) is 43.2 Å². The summed E-state index contributed by atoms with van der Waals surface area (Å²) in [6.45, 7) is 1.66. The number of rotatable bonds is 4. The molecule has 1 N–H and O–H groups in total. The molecule has 1 aliphatic rings. The molecule has 1 unspecified atom stereocenters. The Morgan fingerprint density at radius 2 is 2.00 bits per heavy atom. The normalized spacial score (nSPS) is 18.2. The maximum Gasteiger partial charge on any atom is 0.178 e. The van der Waals surface area contributed by atoms with Crippen LogP contribution in [0.1, 0.15) is 37.1 Å². The van der Waals surface area contributed by atoms with Crippen LogP contribution in [0.5, 0.6) is 0 Å². The van der Waals surface area contributed by atoms with Crippen LogP contribution in [-0.4, -0.2) is 14.2 Å². The molecule has 0 saturated carbocycles. The van der Waals surface area contributed by atoms with Crippen molar-refractivity contribution >= 4 is 15.5 Å². The van der Waals surface area contributed by atoms with Gasteiger partial charge in [-0.2, -0.15) is 0 Å². The van der Waals surface area contributed by atoms with Crippen molar-refractivity contribution < 1.29 is 12.8 Å². The van der Waals surface area contributed by atoms with E-state index in [1.807, 2.05) is 18.2 Å². The minimum atomic E-state index is -3.13. The molecule has 5 heteroatoms. The summed E-state index contributed by atoms with van der Waals surface area (Å²) in [5, 5.41) is 3.47. The number of sulfone groups is 1. The number of nitrogens with one attached hydrogen (secondary N) is 1. The van der Waals surface area contributed by atoms with E-state index in [0.717, 1.165) is 30.7 Å². The Hall–Kier alpha value is -1.75. The molecule has 0 amide bonds. The summed E-state index contributed by atoms with van der Waals surface area (Å²) in [7, 11) is -3.13. The Bertz CT molecular complexity index is 716. The zero-order valence-electron chi connectivity index (χ0n) is 12.0. The van der Waals surface area contributed by atoms with Gasteiger partial charge < -0.3 is 9.73 Å². The lowest BCUT2D eigenvalue weighted by molar-refractivity contribution is 0.461. The quantitative estimate of drug-likeness (QED) is 0.938. The molecule has 0 fully saturated rings. The van der Waals surface area contributed by atoms with Crippen LogP contribution in [0.3, 0.4) is 0 Å². The molecule has 1 aromatic heterocycles. The fourth-order valence-electron chi connectivity index (χ4n) is 2.76. The fourth-order valence-corrected chi connectivity index (χ4v) is 3.65. The fraction of sp³-hybridized carbons (Fsp3) is 0.375. The van der Waals surface area contributed by atoms with Gasteiger partial charge in [-0.1, -0.05) is 6.92 Å². The molecular weight excluding hydrogens is 286 g/mol. The molecular formula is C16H19NO3S. The van der Waals surface area contributed by atoms with Gasteiger partial charge in [0.15, 0.2) is 9.84 Å². The van der Waals surface area contributed by atoms with E-state index >= 15 is 0 Å². The highest BCUT2D eigenvalue weighted by Crippen LogP contribution is 2.33. The first-order valence-corrected chi connectivity index (χ1v) is 8.91. The molecule has 4 nitrogen and oxygen atoms in total. The van der Waals surface area contributed by atoms with Crippen LogP contribution in [0.2, 0.25) is 0 Å². The van der Waals surface area contributed by atoms with Crippen LogP contribution in [0, 0.1) is 0 Å². The van der Waals surface area contributed by atoms with Gasteiger partial charge in [0.25, 0.3) is 0 Å². The van der Waals surface area contributed by atoms with Crippen molar-refractivity contribution in [3.63, 3.8) is 0 Å². The summed E-state index contributed by atoms with van der Waals surface area (Å²) in [4.78, 5) is 0.378. The number of anilines is 1. The highest BCUT2D eigenvalue weighted by atomic mass is 32.2. The largest absolute Gasteiger partial charge is 0.469 e. The van der Waals surface area contributed by atoms with Gasteiger partial charge >= 0.3 is 0 Å². The van der Waals surface area contributed by atoms with E-state index in [1.165, 1.54) is 5.56 Å². The van der Waals surface area contributed by atoms with Gasteiger partial charge in [0.1, 0.15) is 5.76 Å². The van der Waals surface area contributed by atoms with E-state index < -0.39 is 9.84 Å². The van der Waals surface area contributed by atoms with Gasteiger partial charge in [0, 0.05) is 17.7 Å². The molecule has 1 atom stereocenters. The lowest BCUT2D eigenvalue weighted by atomic mass is 9.93. The molecule has 0 aliphatic heterocycles. The van der Waals surface area contributed by atoms with Gasteiger partial charge in [-0.15, -0.1) is 0 Å². The highest BCUT2D eigenvalue weighted by Gasteiger charge is 2.22. The van der Waals surface area contributed by atoms with Crippen LogP contribution < -0.4 is 5.32 Å². The number of aryl methyl sites for hydroxylation is 1. The Labute approximate surface area is 125 Å². The second-order valence-corrected chi connectivity index (χ2v) is 7.59. The number of hydrogen-bond acceptors (Lipinski definition) is 4. The van der Waals surface area contributed by atoms with Crippen LogP contribution in [-0.2, 0) is 16.3 Å². The molecule has 1 aliphatic carbocycles. The first kappa shape index (κ1) is 14.2. The number of fused-ring (bicyclic) bond motifs is 1. The summed E-state index contributed by atoms with van der Waals surface area (Å²) in [5.74, 6) is 1.18. The molecule has 1 heterocycles. The zero-order valence-corrected chi connectivity index (χ0v) is 12.8. The van der Waals surface area contributed by atoms with E-state index in [1.54, 1.807) is 25.3 Å². The molecule has 0 spiro atoms. The second-order valence-electron chi connectivity index (χ2n) is 5.32. The average Bonchev–Trinajstić information content (AvgIpc) is 2.97. The third kappa shape index (κ3) is 2.83. The summed E-state index contributed by atoms with van der Waals surface area (Å²) >= 11 is 0. The summed E-state index contributed by atoms with van der Waals surface area (Å²) in [6.07, 6.45) is 4.89. The van der Waals surface area contributed by atoms with Gasteiger partial charge in [-0.3, -0.25) is 0 Å². The molecule has 2 aromatic rings. The predicted molar refractivity (Wildman–Crippen MR) is 82.2 cm³/mol. The van der Waals surface area contributed by atoms with E-state index in [0.29, 0.717) is 4.90 Å². The minimum Gasteiger partial charge on any atom is -0.469 e. The van der Waals surface area contributed by atoms with E-state index in [2.05, 4.69) is 5.32 Å². The highest BCUT2D eigenvalue weighted by molar-refractivity contribution is 7.91. The summed E-state index contributed by atoms with van der Waals surface area (Å²) in [5.41, 5.74) is 2.15. The standard InChI is InChI=1S/C16H19NO3S/c1-2-21(18,19)13-8-6-12(7-9-13)17-15-4-3-5-16-14(15)10-11-20-16/h6-11,15,17H,2-5H2,1H3. The smallest absolute Gasteiger partial charge is 0.178 e. The third-order valence-corrected chi connectivity index (χ3v) is 5.74. The van der Waals surface area contributed by atoms with Crippen molar-refractivity contribution in [3.05, 3.63) is 47.9 Å². The third-order valence-electron chi connectivity index (χ3n) is 3.99.